The zero-order valence-corrected chi connectivity index (χ0v) is 11.5. The lowest BCUT2D eigenvalue weighted by Gasteiger charge is -2.26. The van der Waals surface area contributed by atoms with Gasteiger partial charge in [0.15, 0.2) is 0 Å². The molecule has 17 heavy (non-hydrogen) atoms. The Labute approximate surface area is 105 Å². The third kappa shape index (κ3) is 5.39. The van der Waals surface area contributed by atoms with E-state index < -0.39 is 0 Å². The Balaban J connectivity index is 2.39. The van der Waals surface area contributed by atoms with Crippen LogP contribution in [0.4, 0.5) is 0 Å². The summed E-state index contributed by atoms with van der Waals surface area (Å²) in [5, 5.41) is 3.23. The van der Waals surface area contributed by atoms with Gasteiger partial charge in [0.2, 0.25) is 5.96 Å². The molecule has 0 amide bonds. The minimum atomic E-state index is 0.362. The highest BCUT2D eigenvalue weighted by Crippen LogP contribution is 2.29. The topological polar surface area (TPSA) is 62.4 Å². The summed E-state index contributed by atoms with van der Waals surface area (Å²) in [7, 11) is 0. The van der Waals surface area contributed by atoms with Gasteiger partial charge in [-0.3, -0.25) is 5.43 Å². The Morgan fingerprint density at radius 2 is 1.94 bits per heavy atom. The minimum Gasteiger partial charge on any atom is -0.353 e. The Morgan fingerprint density at radius 3 is 2.41 bits per heavy atom. The number of hydrogen-bond donors (Lipinski definition) is 3. The monoisotopic (exact) mass is 240 g/mol. The molecule has 100 valence electrons. The quantitative estimate of drug-likeness (QED) is 0.305. The van der Waals surface area contributed by atoms with Crippen LogP contribution in [0.2, 0.25) is 0 Å². The first kappa shape index (κ1) is 14.3. The lowest BCUT2D eigenvalue weighted by molar-refractivity contribution is 0.309. The summed E-state index contributed by atoms with van der Waals surface area (Å²) in [6, 6.07) is 0.807. The Hall–Kier alpha value is -0.770. The molecular weight excluding hydrogens is 212 g/mol. The van der Waals surface area contributed by atoms with E-state index in [9.17, 15) is 0 Å². The number of hydrogen-bond acceptors (Lipinski definition) is 2. The molecule has 0 spiro atoms. The highest BCUT2D eigenvalue weighted by molar-refractivity contribution is 5.79. The van der Waals surface area contributed by atoms with Crippen LogP contribution in [0, 0.1) is 5.92 Å². The molecular formula is C13H28N4. The van der Waals surface area contributed by atoms with Gasteiger partial charge in [0.05, 0.1) is 6.04 Å². The molecule has 0 heterocycles. The van der Waals surface area contributed by atoms with Crippen LogP contribution in [0.1, 0.15) is 59.3 Å². The van der Waals surface area contributed by atoms with Gasteiger partial charge >= 0.3 is 0 Å². The Bertz CT molecular complexity index is 230. The number of nitrogens with one attached hydrogen (secondary N) is 2. The van der Waals surface area contributed by atoms with Crippen molar-refractivity contribution in [3.63, 3.8) is 0 Å². The summed E-state index contributed by atoms with van der Waals surface area (Å²) in [5.41, 5.74) is 2.66. The predicted octanol–water partition coefficient (Wildman–Crippen LogP) is 2.16. The average molecular weight is 240 g/mol. The molecule has 0 aliphatic heterocycles. The number of guanidine groups is 1. The van der Waals surface area contributed by atoms with E-state index in [1.165, 1.54) is 38.5 Å². The molecule has 4 nitrogen and oxygen atoms in total. The smallest absolute Gasteiger partial charge is 0.206 e. The van der Waals surface area contributed by atoms with Gasteiger partial charge in [-0.2, -0.15) is 0 Å². The molecule has 1 saturated carbocycles. The lowest BCUT2D eigenvalue weighted by Crippen LogP contribution is -2.45. The van der Waals surface area contributed by atoms with E-state index in [2.05, 4.69) is 36.5 Å². The van der Waals surface area contributed by atoms with Crippen LogP contribution in [0.5, 0.6) is 0 Å². The molecule has 1 rings (SSSR count). The summed E-state index contributed by atoms with van der Waals surface area (Å²) >= 11 is 0. The molecule has 4 N–H and O–H groups in total. The van der Waals surface area contributed by atoms with E-state index in [1.807, 2.05) is 0 Å². The van der Waals surface area contributed by atoms with Gasteiger partial charge in [-0.15, -0.1) is 0 Å². The molecule has 4 heteroatoms. The van der Waals surface area contributed by atoms with Crippen molar-refractivity contribution in [1.29, 1.82) is 0 Å². The van der Waals surface area contributed by atoms with Crippen LogP contribution in [0.15, 0.2) is 4.99 Å². The van der Waals surface area contributed by atoms with Crippen molar-refractivity contribution in [3.8, 4) is 0 Å². The molecule has 0 saturated heterocycles. The number of nitrogens with zero attached hydrogens (tertiary/aromatic N) is 1. The van der Waals surface area contributed by atoms with Crippen LogP contribution in [-0.2, 0) is 0 Å². The van der Waals surface area contributed by atoms with Crippen molar-refractivity contribution in [2.24, 2.45) is 16.8 Å². The molecule has 0 aromatic heterocycles. The third-order valence-electron chi connectivity index (χ3n) is 3.39. The molecule has 0 unspecified atom stereocenters. The van der Waals surface area contributed by atoms with E-state index in [0.29, 0.717) is 12.1 Å². The molecule has 0 aromatic carbocycles. The standard InChI is InChI=1S/C13H28N4/c1-4-5-11-6-8-12(9-7-11)16-13(17-14)15-10(2)3/h10-12H,4-9,14H2,1-3H3,(H2,15,16,17). The lowest BCUT2D eigenvalue weighted by atomic mass is 9.84. The van der Waals surface area contributed by atoms with Crippen LogP contribution in [-0.4, -0.2) is 18.0 Å². The highest BCUT2D eigenvalue weighted by atomic mass is 15.3. The zero-order valence-electron chi connectivity index (χ0n) is 11.5. The SMILES string of the molecule is CCCC1CCC(N=C(NN)NC(C)C)CC1. The molecule has 1 aliphatic rings. The summed E-state index contributed by atoms with van der Waals surface area (Å²) in [4.78, 5) is 4.66. The van der Waals surface area contributed by atoms with Crippen molar-refractivity contribution in [1.82, 2.24) is 10.7 Å². The number of aliphatic imine (C=N–C) groups is 1. The maximum atomic E-state index is 5.47. The van der Waals surface area contributed by atoms with Crippen LogP contribution in [0.3, 0.4) is 0 Å². The zero-order chi connectivity index (χ0) is 12.7. The van der Waals surface area contributed by atoms with Gasteiger partial charge in [0.1, 0.15) is 0 Å². The summed E-state index contributed by atoms with van der Waals surface area (Å²) in [5.74, 6) is 7.13. The van der Waals surface area contributed by atoms with Gasteiger partial charge < -0.3 is 5.32 Å². The second-order valence-corrected chi connectivity index (χ2v) is 5.38. The van der Waals surface area contributed by atoms with Crippen molar-refractivity contribution in [2.75, 3.05) is 0 Å². The van der Waals surface area contributed by atoms with Crippen molar-refractivity contribution < 1.29 is 0 Å². The fourth-order valence-corrected chi connectivity index (χ4v) is 2.54. The molecule has 0 bridgehead atoms. The number of rotatable bonds is 4. The first-order valence-corrected chi connectivity index (χ1v) is 6.96. The largest absolute Gasteiger partial charge is 0.353 e. The van der Waals surface area contributed by atoms with Crippen molar-refractivity contribution in [2.45, 2.75) is 71.4 Å². The fourth-order valence-electron chi connectivity index (χ4n) is 2.54. The van der Waals surface area contributed by atoms with E-state index >= 15 is 0 Å². The summed E-state index contributed by atoms with van der Waals surface area (Å²) in [6.07, 6.45) is 7.74. The van der Waals surface area contributed by atoms with Gasteiger partial charge in [-0.05, 0) is 45.4 Å². The molecule has 0 radical (unpaired) electrons. The van der Waals surface area contributed by atoms with Crippen LogP contribution >= 0.6 is 0 Å². The summed E-state index contributed by atoms with van der Waals surface area (Å²) < 4.78 is 0. The normalized spacial score (nSPS) is 26.1. The maximum Gasteiger partial charge on any atom is 0.206 e. The number of nitrogens with two attached hydrogens (primary N) is 1. The highest BCUT2D eigenvalue weighted by Gasteiger charge is 2.20. The average Bonchev–Trinajstić information content (AvgIpc) is 2.30. The second kappa shape index (κ2) is 7.54. The van der Waals surface area contributed by atoms with E-state index in [4.69, 9.17) is 5.84 Å². The molecule has 0 aromatic rings. The summed E-state index contributed by atoms with van der Waals surface area (Å²) in [6.45, 7) is 6.45. The fraction of sp³-hybridized carbons (Fsp3) is 0.923. The Kier molecular flexibility index (Phi) is 6.34. The maximum absolute atomic E-state index is 5.47. The van der Waals surface area contributed by atoms with Crippen molar-refractivity contribution >= 4 is 5.96 Å². The third-order valence-corrected chi connectivity index (χ3v) is 3.39. The van der Waals surface area contributed by atoms with Crippen LogP contribution in [0.25, 0.3) is 0 Å². The Morgan fingerprint density at radius 1 is 1.29 bits per heavy atom. The number of hydrazine groups is 1. The van der Waals surface area contributed by atoms with E-state index in [0.717, 1.165) is 11.9 Å². The van der Waals surface area contributed by atoms with Gasteiger partial charge in [0, 0.05) is 6.04 Å². The molecule has 1 aliphatic carbocycles. The van der Waals surface area contributed by atoms with E-state index in [1.54, 1.807) is 0 Å². The van der Waals surface area contributed by atoms with E-state index in [-0.39, 0.29) is 0 Å². The van der Waals surface area contributed by atoms with Gasteiger partial charge in [0.25, 0.3) is 0 Å². The first-order valence-electron chi connectivity index (χ1n) is 6.96. The predicted molar refractivity (Wildman–Crippen MR) is 73.7 cm³/mol. The first-order chi connectivity index (χ1) is 8.15. The molecule has 0 atom stereocenters. The molecule has 1 fully saturated rings. The van der Waals surface area contributed by atoms with Gasteiger partial charge in [-0.1, -0.05) is 19.8 Å². The van der Waals surface area contributed by atoms with Crippen LogP contribution < -0.4 is 16.6 Å². The van der Waals surface area contributed by atoms with Crippen molar-refractivity contribution in [3.05, 3.63) is 0 Å². The second-order valence-electron chi connectivity index (χ2n) is 5.38. The van der Waals surface area contributed by atoms with Gasteiger partial charge in [-0.25, -0.2) is 10.8 Å². The minimum absolute atomic E-state index is 0.362.